The summed E-state index contributed by atoms with van der Waals surface area (Å²) in [6, 6.07) is 4.59. The minimum atomic E-state index is -4.42. The van der Waals surface area contributed by atoms with Crippen molar-refractivity contribution in [3.05, 3.63) is 41.0 Å². The number of carbonyl (C=O) groups excluding carboxylic acids is 1. The number of fused-ring (bicyclic) bond motifs is 1. The van der Waals surface area contributed by atoms with Gasteiger partial charge < -0.3 is 16.8 Å². The van der Waals surface area contributed by atoms with Gasteiger partial charge in [-0.1, -0.05) is 12.1 Å². The van der Waals surface area contributed by atoms with Crippen molar-refractivity contribution in [3.63, 3.8) is 0 Å². The first-order chi connectivity index (χ1) is 10.8. The van der Waals surface area contributed by atoms with E-state index >= 15 is 0 Å². The van der Waals surface area contributed by atoms with Crippen molar-refractivity contribution in [2.75, 3.05) is 16.8 Å². The molecule has 1 atom stereocenters. The quantitative estimate of drug-likeness (QED) is 0.745. The van der Waals surface area contributed by atoms with Gasteiger partial charge in [0.25, 0.3) is 0 Å². The predicted molar refractivity (Wildman–Crippen MR) is 77.4 cm³/mol. The van der Waals surface area contributed by atoms with E-state index in [-0.39, 0.29) is 29.9 Å². The maximum absolute atomic E-state index is 12.7. The summed E-state index contributed by atoms with van der Waals surface area (Å²) >= 11 is 0. The molecule has 0 bridgehead atoms. The van der Waals surface area contributed by atoms with Crippen LogP contribution in [0.1, 0.15) is 29.0 Å². The third-order valence-corrected chi connectivity index (χ3v) is 3.63. The van der Waals surface area contributed by atoms with Gasteiger partial charge in [-0.2, -0.15) is 23.1 Å². The van der Waals surface area contributed by atoms with Crippen molar-refractivity contribution in [3.8, 4) is 0 Å². The van der Waals surface area contributed by atoms with Crippen LogP contribution >= 0.6 is 0 Å². The Bertz CT molecular complexity index is 773. The van der Waals surface area contributed by atoms with Crippen LogP contribution in [-0.4, -0.2) is 15.9 Å². The Labute approximate surface area is 128 Å². The fraction of sp³-hybridized carbons (Fsp3) is 0.214. The molecular formula is C14H12F3N5O. The third kappa shape index (κ3) is 2.77. The molecule has 120 valence electrons. The Morgan fingerprint density at radius 3 is 2.39 bits per heavy atom. The number of nitrogens with zero attached hydrogens (tertiary/aromatic N) is 2. The van der Waals surface area contributed by atoms with Gasteiger partial charge >= 0.3 is 6.18 Å². The van der Waals surface area contributed by atoms with Gasteiger partial charge in [0.2, 0.25) is 11.9 Å². The van der Waals surface area contributed by atoms with Gasteiger partial charge in [0, 0.05) is 17.9 Å². The van der Waals surface area contributed by atoms with Crippen molar-refractivity contribution in [1.29, 1.82) is 0 Å². The van der Waals surface area contributed by atoms with Gasteiger partial charge in [-0.05, 0) is 17.7 Å². The van der Waals surface area contributed by atoms with Gasteiger partial charge in [0.05, 0.1) is 5.56 Å². The van der Waals surface area contributed by atoms with E-state index in [1.54, 1.807) is 0 Å². The molecule has 6 nitrogen and oxygen atoms in total. The van der Waals surface area contributed by atoms with Crippen LogP contribution in [0, 0.1) is 0 Å². The molecule has 1 aliphatic rings. The maximum Gasteiger partial charge on any atom is 0.416 e. The smallest absolute Gasteiger partial charge is 0.383 e. The first kappa shape index (κ1) is 15.1. The van der Waals surface area contributed by atoms with Gasteiger partial charge in [-0.25, -0.2) is 0 Å². The number of nitrogen functional groups attached to an aromatic ring is 2. The van der Waals surface area contributed by atoms with Crippen LogP contribution < -0.4 is 16.8 Å². The number of alkyl halides is 3. The molecule has 0 saturated heterocycles. The normalized spacial score (nSPS) is 17.5. The van der Waals surface area contributed by atoms with E-state index in [1.807, 2.05) is 0 Å². The van der Waals surface area contributed by atoms with E-state index in [1.165, 1.54) is 12.1 Å². The molecule has 3 rings (SSSR count). The molecule has 0 spiro atoms. The highest BCUT2D eigenvalue weighted by Crippen LogP contribution is 2.40. The van der Waals surface area contributed by atoms with Crippen LogP contribution in [0.3, 0.4) is 0 Å². The second-order valence-corrected chi connectivity index (χ2v) is 5.15. The fourth-order valence-electron chi connectivity index (χ4n) is 2.60. The Kier molecular flexibility index (Phi) is 3.35. The van der Waals surface area contributed by atoms with Crippen molar-refractivity contribution in [2.45, 2.75) is 18.5 Å². The monoisotopic (exact) mass is 323 g/mol. The van der Waals surface area contributed by atoms with Crippen LogP contribution in [0.5, 0.6) is 0 Å². The van der Waals surface area contributed by atoms with Crippen LogP contribution in [-0.2, 0) is 11.0 Å². The Morgan fingerprint density at radius 2 is 1.78 bits per heavy atom. The topological polar surface area (TPSA) is 107 Å². The third-order valence-electron chi connectivity index (χ3n) is 3.63. The summed E-state index contributed by atoms with van der Waals surface area (Å²) in [7, 11) is 0. The lowest BCUT2D eigenvalue weighted by atomic mass is 9.86. The summed E-state index contributed by atoms with van der Waals surface area (Å²) in [5, 5.41) is 2.55. The molecule has 5 N–H and O–H groups in total. The largest absolute Gasteiger partial charge is 0.416 e. The number of benzene rings is 1. The molecule has 0 fully saturated rings. The van der Waals surface area contributed by atoms with Crippen LogP contribution in [0.25, 0.3) is 0 Å². The number of anilines is 3. The summed E-state index contributed by atoms with van der Waals surface area (Å²) < 4.78 is 38.0. The highest BCUT2D eigenvalue weighted by Gasteiger charge is 2.33. The molecule has 1 amide bonds. The Morgan fingerprint density at radius 1 is 1.13 bits per heavy atom. The van der Waals surface area contributed by atoms with E-state index in [2.05, 4.69) is 15.3 Å². The number of rotatable bonds is 1. The van der Waals surface area contributed by atoms with E-state index in [0.29, 0.717) is 11.1 Å². The molecule has 0 aliphatic carbocycles. The number of hydrogen-bond acceptors (Lipinski definition) is 5. The lowest BCUT2D eigenvalue weighted by Crippen LogP contribution is -2.26. The summed E-state index contributed by atoms with van der Waals surface area (Å²) in [6.45, 7) is 0. The number of amides is 1. The predicted octanol–water partition coefficient (Wildman–Crippen LogP) is 2.13. The summed E-state index contributed by atoms with van der Waals surface area (Å²) in [4.78, 5) is 19.6. The van der Waals surface area contributed by atoms with Crippen LogP contribution in [0.15, 0.2) is 24.3 Å². The molecule has 0 saturated carbocycles. The second kappa shape index (κ2) is 5.11. The molecule has 0 unspecified atom stereocenters. The van der Waals surface area contributed by atoms with E-state index < -0.39 is 17.7 Å². The first-order valence-electron chi connectivity index (χ1n) is 6.65. The molecule has 1 aliphatic heterocycles. The number of hydrogen-bond donors (Lipinski definition) is 3. The molecule has 9 heteroatoms. The van der Waals surface area contributed by atoms with Crippen LogP contribution in [0.4, 0.5) is 30.8 Å². The number of aromatic nitrogens is 2. The number of nitrogens with one attached hydrogen (secondary N) is 1. The zero-order chi connectivity index (χ0) is 16.8. The van der Waals surface area contributed by atoms with Crippen molar-refractivity contribution >= 4 is 23.5 Å². The van der Waals surface area contributed by atoms with E-state index in [0.717, 1.165) is 12.1 Å². The van der Waals surface area contributed by atoms with Crippen LogP contribution in [0.2, 0.25) is 0 Å². The number of nitrogens with two attached hydrogens (primary N) is 2. The Balaban J connectivity index is 2.06. The number of carbonyl (C=O) groups is 1. The zero-order valence-electron chi connectivity index (χ0n) is 11.7. The van der Waals surface area contributed by atoms with Gasteiger partial charge in [0.1, 0.15) is 11.6 Å². The van der Waals surface area contributed by atoms with Crippen molar-refractivity contribution in [1.82, 2.24) is 9.97 Å². The van der Waals surface area contributed by atoms with E-state index in [9.17, 15) is 18.0 Å². The average Bonchev–Trinajstić information content (AvgIpc) is 2.44. The Hall–Kier alpha value is -2.84. The molecule has 1 aromatic heterocycles. The minimum absolute atomic E-state index is 0.0375. The van der Waals surface area contributed by atoms with Gasteiger partial charge in [-0.3, -0.25) is 4.79 Å². The zero-order valence-corrected chi connectivity index (χ0v) is 11.7. The van der Waals surface area contributed by atoms with Gasteiger partial charge in [-0.15, -0.1) is 0 Å². The summed E-state index contributed by atoms with van der Waals surface area (Å²) in [5.74, 6) is -0.648. The van der Waals surface area contributed by atoms with Crippen molar-refractivity contribution < 1.29 is 18.0 Å². The fourth-order valence-corrected chi connectivity index (χ4v) is 2.60. The van der Waals surface area contributed by atoms with Gasteiger partial charge in [0.15, 0.2) is 0 Å². The summed E-state index contributed by atoms with van der Waals surface area (Å²) in [5.41, 5.74) is 11.6. The minimum Gasteiger partial charge on any atom is -0.383 e. The molecule has 1 aromatic carbocycles. The summed E-state index contributed by atoms with van der Waals surface area (Å²) in [6.07, 6.45) is -4.38. The molecule has 2 aromatic rings. The average molecular weight is 323 g/mol. The molecule has 0 radical (unpaired) electrons. The highest BCUT2D eigenvalue weighted by atomic mass is 19.4. The maximum atomic E-state index is 12.7. The van der Waals surface area contributed by atoms with Crippen molar-refractivity contribution in [2.24, 2.45) is 0 Å². The molecule has 2 heterocycles. The molecular weight excluding hydrogens is 311 g/mol. The standard InChI is InChI=1S/C14H12F3N5O/c15-14(16,17)7-3-1-6(2-4-7)8-5-9(23)20-12-10(8)11(18)21-13(19)22-12/h1-4,8H,5H2,(H5,18,19,20,21,22,23)/t8-/m0/s1. The lowest BCUT2D eigenvalue weighted by Gasteiger charge is -2.26. The molecule has 23 heavy (non-hydrogen) atoms. The SMILES string of the molecule is Nc1nc(N)c2c(n1)NC(=O)C[C@H]2c1ccc(C(F)(F)F)cc1. The lowest BCUT2D eigenvalue weighted by molar-refractivity contribution is -0.137. The highest BCUT2D eigenvalue weighted by molar-refractivity contribution is 5.95. The number of halogens is 3. The second-order valence-electron chi connectivity index (χ2n) is 5.15. The first-order valence-corrected chi connectivity index (χ1v) is 6.65. The van der Waals surface area contributed by atoms with E-state index in [4.69, 9.17) is 11.5 Å².